The minimum Gasteiger partial charge on any atom is -0.487 e. The second-order valence-electron chi connectivity index (χ2n) is 9.17. The van der Waals surface area contributed by atoms with Crippen LogP contribution in [-0.4, -0.2) is 22.6 Å². The van der Waals surface area contributed by atoms with Gasteiger partial charge in [-0.3, -0.25) is 0 Å². The summed E-state index contributed by atoms with van der Waals surface area (Å²) in [7, 11) is 0. The second kappa shape index (κ2) is 6.47. The molecule has 0 bridgehead atoms. The van der Waals surface area contributed by atoms with Crippen LogP contribution in [0.1, 0.15) is 62.8 Å². The van der Waals surface area contributed by atoms with Crippen molar-refractivity contribution in [3.05, 3.63) is 58.7 Å². The number of hydrogen-bond donors (Lipinski definition) is 0. The van der Waals surface area contributed by atoms with Gasteiger partial charge in [-0.2, -0.15) is 10.2 Å². The van der Waals surface area contributed by atoms with Crippen LogP contribution in [0.25, 0.3) is 0 Å². The van der Waals surface area contributed by atoms with E-state index in [1.54, 1.807) is 0 Å². The van der Waals surface area contributed by atoms with Crippen LogP contribution in [0.4, 0.5) is 0 Å². The Labute approximate surface area is 167 Å². The Kier molecular flexibility index (Phi) is 4.33. The lowest BCUT2D eigenvalue weighted by atomic mass is 9.91. The van der Waals surface area contributed by atoms with E-state index in [0.717, 1.165) is 46.9 Å². The molecule has 0 atom stereocenters. The zero-order valence-electron chi connectivity index (χ0n) is 17.6. The zero-order chi connectivity index (χ0) is 20.1. The lowest BCUT2D eigenvalue weighted by molar-refractivity contribution is 0.110. The first kappa shape index (κ1) is 18.7. The van der Waals surface area contributed by atoms with E-state index in [4.69, 9.17) is 19.7 Å². The fraction of sp³-hybridized carbons (Fsp3) is 0.417. The molecule has 0 aromatic heterocycles. The quantitative estimate of drug-likeness (QED) is 0.606. The van der Waals surface area contributed by atoms with Crippen molar-refractivity contribution in [3.8, 4) is 11.5 Å². The van der Waals surface area contributed by atoms with Gasteiger partial charge >= 0.3 is 0 Å². The van der Waals surface area contributed by atoms with Crippen molar-refractivity contribution in [1.82, 2.24) is 0 Å². The molecule has 0 N–H and O–H groups in total. The van der Waals surface area contributed by atoms with Crippen LogP contribution in [0.15, 0.2) is 46.6 Å². The summed E-state index contributed by atoms with van der Waals surface area (Å²) in [5.74, 6) is 1.76. The molecule has 28 heavy (non-hydrogen) atoms. The fourth-order valence-electron chi connectivity index (χ4n) is 3.88. The topological polar surface area (TPSA) is 43.2 Å². The van der Waals surface area contributed by atoms with Crippen molar-refractivity contribution < 1.29 is 9.47 Å². The number of hydrogen-bond acceptors (Lipinski definition) is 4. The number of nitrogens with zero attached hydrogens (tertiary/aromatic N) is 2. The summed E-state index contributed by atoms with van der Waals surface area (Å²) in [4.78, 5) is 0. The predicted octanol–water partition coefficient (Wildman–Crippen LogP) is 5.62. The van der Waals surface area contributed by atoms with E-state index in [2.05, 4.69) is 65.8 Å². The van der Waals surface area contributed by atoms with Crippen molar-refractivity contribution >= 4 is 11.4 Å². The average molecular weight is 377 g/mol. The van der Waals surface area contributed by atoms with Gasteiger partial charge in [0.25, 0.3) is 0 Å². The average Bonchev–Trinajstić information content (AvgIpc) is 2.59. The molecular formula is C24H28N2O2. The van der Waals surface area contributed by atoms with Gasteiger partial charge in [-0.1, -0.05) is 23.3 Å². The Bertz CT molecular complexity index is 918. The minimum atomic E-state index is -0.301. The number of rotatable bonds is 1. The van der Waals surface area contributed by atoms with Gasteiger partial charge in [0.15, 0.2) is 0 Å². The SMILES string of the molecule is Cc1ccc2c(c1)/C(=N\N=C1\CC(C)(C)Oc3ccc(C)cc31)CC(C)(C)O2. The maximum Gasteiger partial charge on any atom is 0.129 e. The molecule has 2 aromatic rings. The Hall–Kier alpha value is -2.62. The van der Waals surface area contributed by atoms with Crippen LogP contribution in [0.3, 0.4) is 0 Å². The molecule has 0 unspecified atom stereocenters. The molecule has 0 aliphatic carbocycles. The number of fused-ring (bicyclic) bond motifs is 2. The number of aryl methyl sites for hydroxylation is 2. The van der Waals surface area contributed by atoms with Crippen LogP contribution in [-0.2, 0) is 0 Å². The number of ether oxygens (including phenoxy) is 2. The lowest BCUT2D eigenvalue weighted by Crippen LogP contribution is -2.37. The normalized spacial score (nSPS) is 22.2. The minimum absolute atomic E-state index is 0.301. The van der Waals surface area contributed by atoms with E-state index in [0.29, 0.717) is 0 Å². The Morgan fingerprint density at radius 2 is 1.07 bits per heavy atom. The Morgan fingerprint density at radius 1 is 0.679 bits per heavy atom. The summed E-state index contributed by atoms with van der Waals surface area (Å²) in [6, 6.07) is 12.5. The molecule has 0 radical (unpaired) electrons. The molecule has 0 fully saturated rings. The van der Waals surface area contributed by atoms with Gasteiger partial charge in [0.1, 0.15) is 22.7 Å². The van der Waals surface area contributed by atoms with Crippen LogP contribution in [0.2, 0.25) is 0 Å². The van der Waals surface area contributed by atoms with Crippen molar-refractivity contribution in [2.24, 2.45) is 10.2 Å². The second-order valence-corrected chi connectivity index (χ2v) is 9.17. The van der Waals surface area contributed by atoms with Gasteiger partial charge < -0.3 is 9.47 Å². The highest BCUT2D eigenvalue weighted by Crippen LogP contribution is 2.36. The first-order valence-corrected chi connectivity index (χ1v) is 9.85. The summed E-state index contributed by atoms with van der Waals surface area (Å²) in [6.07, 6.45) is 1.45. The summed E-state index contributed by atoms with van der Waals surface area (Å²) in [5.41, 5.74) is 5.81. The molecule has 2 heterocycles. The van der Waals surface area contributed by atoms with Crippen LogP contribution >= 0.6 is 0 Å². The maximum absolute atomic E-state index is 6.15. The lowest BCUT2D eigenvalue weighted by Gasteiger charge is -2.34. The van der Waals surface area contributed by atoms with Crippen molar-refractivity contribution in [2.75, 3.05) is 0 Å². The van der Waals surface area contributed by atoms with Crippen molar-refractivity contribution in [3.63, 3.8) is 0 Å². The molecule has 0 amide bonds. The summed E-state index contributed by atoms with van der Waals surface area (Å²) in [6.45, 7) is 12.5. The highest BCUT2D eigenvalue weighted by molar-refractivity contribution is 6.07. The van der Waals surface area contributed by atoms with Gasteiger partial charge in [0.2, 0.25) is 0 Å². The number of benzene rings is 2. The van der Waals surface area contributed by atoms with Gasteiger partial charge in [-0.05, 0) is 65.8 Å². The first-order valence-electron chi connectivity index (χ1n) is 9.85. The van der Waals surface area contributed by atoms with Crippen LogP contribution < -0.4 is 9.47 Å². The van der Waals surface area contributed by atoms with Gasteiger partial charge in [0.05, 0.1) is 11.4 Å². The molecule has 0 saturated heterocycles. The van der Waals surface area contributed by atoms with E-state index >= 15 is 0 Å². The van der Waals surface area contributed by atoms with Crippen LogP contribution in [0, 0.1) is 13.8 Å². The third-order valence-electron chi connectivity index (χ3n) is 5.14. The van der Waals surface area contributed by atoms with E-state index in [1.165, 1.54) is 11.1 Å². The molecule has 2 aromatic carbocycles. The first-order chi connectivity index (χ1) is 13.1. The monoisotopic (exact) mass is 376 g/mol. The highest BCUT2D eigenvalue weighted by atomic mass is 16.5. The van der Waals surface area contributed by atoms with E-state index in [-0.39, 0.29) is 11.2 Å². The smallest absolute Gasteiger partial charge is 0.129 e. The summed E-state index contributed by atoms with van der Waals surface area (Å²) >= 11 is 0. The Balaban J connectivity index is 1.81. The highest BCUT2D eigenvalue weighted by Gasteiger charge is 2.33. The molecule has 0 saturated carbocycles. The fourth-order valence-corrected chi connectivity index (χ4v) is 3.88. The third-order valence-corrected chi connectivity index (χ3v) is 5.14. The van der Waals surface area contributed by atoms with Gasteiger partial charge in [-0.25, -0.2) is 0 Å². The van der Waals surface area contributed by atoms with E-state index < -0.39 is 0 Å². The third kappa shape index (κ3) is 3.68. The van der Waals surface area contributed by atoms with Gasteiger partial charge in [0, 0.05) is 24.0 Å². The largest absolute Gasteiger partial charge is 0.487 e. The van der Waals surface area contributed by atoms with E-state index in [1.807, 2.05) is 12.1 Å². The molecule has 4 rings (SSSR count). The summed E-state index contributed by atoms with van der Waals surface area (Å²) in [5, 5.41) is 9.50. The summed E-state index contributed by atoms with van der Waals surface area (Å²) < 4.78 is 12.3. The van der Waals surface area contributed by atoms with E-state index in [9.17, 15) is 0 Å². The molecule has 0 spiro atoms. The zero-order valence-corrected chi connectivity index (χ0v) is 17.6. The molecule has 4 nitrogen and oxygen atoms in total. The van der Waals surface area contributed by atoms with Crippen molar-refractivity contribution in [2.45, 2.75) is 65.6 Å². The van der Waals surface area contributed by atoms with Crippen molar-refractivity contribution in [1.29, 1.82) is 0 Å². The predicted molar refractivity (Wildman–Crippen MR) is 114 cm³/mol. The standard InChI is InChI=1S/C24H28N2O2/c1-15-7-9-21-17(11-15)19(13-23(3,4)27-21)25-26-20-14-24(5,6)28-22-10-8-16(2)12-18(20)22/h7-12H,13-14H2,1-6H3/b25-19-,26-20-. The van der Waals surface area contributed by atoms with Crippen LogP contribution in [0.5, 0.6) is 11.5 Å². The maximum atomic E-state index is 6.15. The van der Waals surface area contributed by atoms with Gasteiger partial charge in [-0.15, -0.1) is 0 Å². The molecule has 4 heteroatoms. The molecular weight excluding hydrogens is 348 g/mol. The Morgan fingerprint density at radius 3 is 1.46 bits per heavy atom. The molecule has 2 aliphatic rings. The molecule has 2 aliphatic heterocycles. The molecule has 146 valence electrons.